The number of rotatable bonds is 73. The molecule has 0 aliphatic rings. The second-order valence-electron chi connectivity index (χ2n) is 28.0. The number of hydrogen-bond donors (Lipinski definition) is 2. The second kappa shape index (κ2) is 72.0. The Morgan fingerprint density at radius 3 is 1.02 bits per heavy atom. The molecule has 1 amide bonds. The van der Waals surface area contributed by atoms with Crippen LogP contribution in [0.1, 0.15) is 380 Å². The number of quaternary nitrogens is 1. The Balaban J connectivity index is 4.00. The average molecular weight is 1290 g/mol. The maximum atomic E-state index is 13.1. The van der Waals surface area contributed by atoms with Gasteiger partial charge in [0.15, 0.2) is 0 Å². The van der Waals surface area contributed by atoms with Crippen molar-refractivity contribution in [3.63, 3.8) is 0 Å². The molecular weight excluding hydrogens is 1140 g/mol. The Bertz CT molecular complexity index is 1760. The lowest BCUT2D eigenvalue weighted by molar-refractivity contribution is -0.870. The minimum Gasteiger partial charge on any atom is -0.756 e. The molecule has 532 valence electrons. The number of amides is 1. The molecule has 0 rings (SSSR count). The van der Waals surface area contributed by atoms with Crippen molar-refractivity contribution in [2.45, 2.75) is 392 Å². The van der Waals surface area contributed by atoms with Crippen molar-refractivity contribution in [3.8, 4) is 0 Å². The van der Waals surface area contributed by atoms with Gasteiger partial charge in [0, 0.05) is 6.42 Å². The number of likely N-dealkylation sites (N-methyl/N-ethyl adjacent to an activating group) is 1. The Morgan fingerprint density at radius 1 is 0.396 bits per heavy atom. The van der Waals surface area contributed by atoms with Crippen molar-refractivity contribution in [1.82, 2.24) is 5.32 Å². The number of hydrogen-bond acceptors (Lipinski definition) is 6. The van der Waals surface area contributed by atoms with Crippen molar-refractivity contribution in [3.05, 3.63) is 85.1 Å². The quantitative estimate of drug-likeness (QED) is 0.0272. The first-order valence-corrected chi connectivity index (χ1v) is 40.9. The fourth-order valence-corrected chi connectivity index (χ4v) is 12.5. The highest BCUT2D eigenvalue weighted by Crippen LogP contribution is 2.38. The zero-order chi connectivity index (χ0) is 66.2. The lowest BCUT2D eigenvalue weighted by Crippen LogP contribution is -2.45. The van der Waals surface area contributed by atoms with Crippen LogP contribution >= 0.6 is 7.82 Å². The number of aliphatic hydroxyl groups is 1. The van der Waals surface area contributed by atoms with Gasteiger partial charge in [-0.25, -0.2) is 0 Å². The van der Waals surface area contributed by atoms with E-state index in [0.717, 1.165) is 70.6 Å². The summed E-state index contributed by atoms with van der Waals surface area (Å²) in [5.41, 5.74) is 0. The topological polar surface area (TPSA) is 108 Å². The smallest absolute Gasteiger partial charge is 0.268 e. The zero-order valence-electron chi connectivity index (χ0n) is 61.0. The minimum atomic E-state index is -4.62. The van der Waals surface area contributed by atoms with Crippen molar-refractivity contribution in [1.29, 1.82) is 0 Å². The van der Waals surface area contributed by atoms with Gasteiger partial charge in [-0.05, 0) is 83.5 Å². The molecule has 3 unspecified atom stereocenters. The molecule has 0 aliphatic carbocycles. The van der Waals surface area contributed by atoms with Crippen molar-refractivity contribution in [2.75, 3.05) is 40.9 Å². The van der Waals surface area contributed by atoms with E-state index in [4.69, 9.17) is 9.05 Å². The van der Waals surface area contributed by atoms with Gasteiger partial charge in [0.05, 0.1) is 39.9 Å². The number of allylic oxidation sites excluding steroid dienone is 13. The van der Waals surface area contributed by atoms with Crippen LogP contribution in [0.4, 0.5) is 0 Å². The number of nitrogens with one attached hydrogen (secondary N) is 1. The summed E-state index contributed by atoms with van der Waals surface area (Å²) in [6.07, 6.45) is 103. The first-order chi connectivity index (χ1) is 44.5. The summed E-state index contributed by atoms with van der Waals surface area (Å²) < 4.78 is 23.5. The summed E-state index contributed by atoms with van der Waals surface area (Å²) in [7, 11) is 1.25. The number of phosphoric ester groups is 1. The zero-order valence-corrected chi connectivity index (χ0v) is 61.9. The van der Waals surface area contributed by atoms with E-state index in [1.165, 1.54) is 289 Å². The maximum absolute atomic E-state index is 13.1. The highest BCUT2D eigenvalue weighted by molar-refractivity contribution is 7.45. The van der Waals surface area contributed by atoms with Crippen LogP contribution in [0.5, 0.6) is 0 Å². The van der Waals surface area contributed by atoms with E-state index < -0.39 is 26.6 Å². The molecular formula is C82H153N2O6P. The van der Waals surface area contributed by atoms with E-state index in [2.05, 4.69) is 92.1 Å². The van der Waals surface area contributed by atoms with Gasteiger partial charge >= 0.3 is 0 Å². The van der Waals surface area contributed by atoms with E-state index in [1.54, 1.807) is 6.08 Å². The third-order valence-corrected chi connectivity index (χ3v) is 18.8. The van der Waals surface area contributed by atoms with Crippen LogP contribution in [0.2, 0.25) is 0 Å². The molecule has 0 aromatic carbocycles. The van der Waals surface area contributed by atoms with E-state index in [0.29, 0.717) is 17.4 Å². The summed E-state index contributed by atoms with van der Waals surface area (Å²) in [5.74, 6) is -0.205. The first-order valence-electron chi connectivity index (χ1n) is 39.4. The Hall–Kier alpha value is -2.32. The summed E-state index contributed by atoms with van der Waals surface area (Å²) >= 11 is 0. The Labute approximate surface area is 567 Å². The molecule has 0 aromatic heterocycles. The number of aliphatic hydroxyl groups excluding tert-OH is 1. The van der Waals surface area contributed by atoms with Gasteiger partial charge in [0.25, 0.3) is 7.82 Å². The van der Waals surface area contributed by atoms with E-state index >= 15 is 0 Å². The third kappa shape index (κ3) is 74.9. The molecule has 0 radical (unpaired) electrons. The number of phosphoric acid groups is 1. The molecule has 9 heteroatoms. The van der Waals surface area contributed by atoms with Crippen LogP contribution in [-0.2, 0) is 18.4 Å². The van der Waals surface area contributed by atoms with Crippen LogP contribution in [0, 0.1) is 0 Å². The van der Waals surface area contributed by atoms with Gasteiger partial charge in [-0.2, -0.15) is 0 Å². The van der Waals surface area contributed by atoms with Crippen molar-refractivity contribution in [2.24, 2.45) is 0 Å². The Kier molecular flexibility index (Phi) is 70.1. The van der Waals surface area contributed by atoms with Gasteiger partial charge in [-0.15, -0.1) is 0 Å². The van der Waals surface area contributed by atoms with Crippen LogP contribution in [-0.4, -0.2) is 68.5 Å². The molecule has 91 heavy (non-hydrogen) atoms. The summed E-state index contributed by atoms with van der Waals surface area (Å²) in [6, 6.07) is -0.913. The maximum Gasteiger partial charge on any atom is 0.268 e. The lowest BCUT2D eigenvalue weighted by atomic mass is 10.0. The van der Waals surface area contributed by atoms with E-state index in [9.17, 15) is 19.4 Å². The predicted molar refractivity (Wildman–Crippen MR) is 399 cm³/mol. The molecule has 0 saturated carbocycles. The van der Waals surface area contributed by atoms with Crippen LogP contribution in [0.25, 0.3) is 0 Å². The van der Waals surface area contributed by atoms with E-state index in [-0.39, 0.29) is 12.5 Å². The normalized spacial score (nSPS) is 14.0. The minimum absolute atomic E-state index is 0.00923. The number of carbonyl (C=O) groups is 1. The molecule has 0 fully saturated rings. The SMILES string of the molecule is CC/C=C\C/C=C\C/C=C\C/C=C\CCCCCCCCCCCCCCCCCCCCCCCCCCCCC(=O)NC(COP(=O)([O-])OCC[N+](C)(C)C)C(O)/C=C/CC/C=C/CC/C=C/CCCCCCCCCCCCCCCCCCCCCC. The molecule has 2 N–H and O–H groups in total. The molecule has 0 spiro atoms. The highest BCUT2D eigenvalue weighted by Gasteiger charge is 2.23. The van der Waals surface area contributed by atoms with Gasteiger partial charge in [0.2, 0.25) is 5.91 Å². The standard InChI is InChI=1S/C82H153N2O6P/c1-6-8-10-12-14-16-18-20-22-24-26-28-30-32-34-36-38-39-40-41-42-43-44-45-46-48-50-52-54-56-58-60-62-64-66-68-70-72-74-76-82(86)83-80(79-90-91(87,88)89-78-77-84(3,4)5)81(85)75-73-71-69-67-65-63-61-59-57-55-53-51-49-47-37-35-33-31-29-27-25-23-21-19-17-15-13-11-9-7-2/h8,10,14,16,20,22,26,28,57,59,65,67,73,75,80-81,85H,6-7,9,11-13,15,17-19,21,23-25,27,29-56,58,60-64,66,68-72,74,76-79H2,1-5H3,(H-,83,86,87,88)/b10-8-,16-14-,22-20-,28-26-,59-57+,67-65+,75-73+. The number of unbranched alkanes of at least 4 members (excludes halogenated alkanes) is 48. The van der Waals surface area contributed by atoms with Gasteiger partial charge < -0.3 is 28.8 Å². The summed E-state index contributed by atoms with van der Waals surface area (Å²) in [6.45, 7) is 4.56. The van der Waals surface area contributed by atoms with E-state index in [1.807, 2.05) is 27.2 Å². The number of nitrogens with zero attached hydrogens (tertiary/aromatic N) is 1. The molecule has 3 atom stereocenters. The molecule has 0 aliphatic heterocycles. The predicted octanol–water partition coefficient (Wildman–Crippen LogP) is 25.2. The molecule has 0 aromatic rings. The second-order valence-corrected chi connectivity index (χ2v) is 29.4. The largest absolute Gasteiger partial charge is 0.756 e. The Morgan fingerprint density at radius 2 is 0.681 bits per heavy atom. The molecule has 0 saturated heterocycles. The molecule has 8 nitrogen and oxygen atoms in total. The molecule has 0 heterocycles. The number of carbonyl (C=O) groups excluding carboxylic acids is 1. The fourth-order valence-electron chi connectivity index (χ4n) is 11.8. The van der Waals surface area contributed by atoms with Crippen molar-refractivity contribution < 1.29 is 32.9 Å². The lowest BCUT2D eigenvalue weighted by Gasteiger charge is -2.29. The fraction of sp³-hybridized carbons (Fsp3) is 0.817. The van der Waals surface area contributed by atoms with Crippen molar-refractivity contribution >= 4 is 13.7 Å². The third-order valence-electron chi connectivity index (χ3n) is 17.8. The highest BCUT2D eigenvalue weighted by atomic mass is 31.2. The average Bonchev–Trinajstić information content (AvgIpc) is 3.58. The van der Waals surface area contributed by atoms with Crippen LogP contribution < -0.4 is 10.2 Å². The van der Waals surface area contributed by atoms with Gasteiger partial charge in [-0.3, -0.25) is 9.36 Å². The summed E-state index contributed by atoms with van der Waals surface area (Å²) in [5, 5.41) is 14.0. The van der Waals surface area contributed by atoms with Crippen LogP contribution in [0.3, 0.4) is 0 Å². The monoisotopic (exact) mass is 1290 g/mol. The van der Waals surface area contributed by atoms with Crippen LogP contribution in [0.15, 0.2) is 85.1 Å². The first kappa shape index (κ1) is 88.7. The molecule has 0 bridgehead atoms. The van der Waals surface area contributed by atoms with Gasteiger partial charge in [0.1, 0.15) is 13.2 Å². The van der Waals surface area contributed by atoms with Gasteiger partial charge in [-0.1, -0.05) is 375 Å². The summed E-state index contributed by atoms with van der Waals surface area (Å²) in [4.78, 5) is 25.7.